The van der Waals surface area contributed by atoms with E-state index < -0.39 is 8.80 Å². The molecule has 0 heterocycles. The van der Waals surface area contributed by atoms with Crippen LogP contribution in [-0.4, -0.2) is 54.8 Å². The van der Waals surface area contributed by atoms with Crippen LogP contribution in [0.3, 0.4) is 0 Å². The highest BCUT2D eigenvalue weighted by molar-refractivity contribution is 6.60. The Morgan fingerprint density at radius 3 is 1.41 bits per heavy atom. The van der Waals surface area contributed by atoms with Crippen molar-refractivity contribution in [2.24, 2.45) is 0 Å². The second-order valence-electron chi connectivity index (χ2n) is 11.4. The van der Waals surface area contributed by atoms with E-state index in [-0.39, 0.29) is 0 Å². The number of unbranched alkanes of at least 4 members (excludes halogenated alkanes) is 15. The molecule has 1 atom stereocenters. The summed E-state index contributed by atoms with van der Waals surface area (Å²) in [7, 11) is 5.08. The van der Waals surface area contributed by atoms with Crippen LogP contribution in [-0.2, 0) is 19.8 Å². The van der Waals surface area contributed by atoms with E-state index in [4.69, 9.17) is 13.3 Å². The Kier molecular flexibility index (Phi) is 20.5. The fraction of sp³-hybridized carbons (Fsp3) is 0.812. The molecule has 0 spiro atoms. The predicted octanol–water partition coefficient (Wildman–Crippen LogP) is 9.16. The van der Waals surface area contributed by atoms with Crippen molar-refractivity contribution in [3.8, 4) is 0 Å². The molecule has 37 heavy (non-hydrogen) atoms. The molecule has 4 nitrogen and oxygen atoms in total. The molecule has 216 valence electrons. The molecule has 0 saturated carbocycles. The molecule has 5 heteroatoms. The average Bonchev–Trinajstić information content (AvgIpc) is 2.92. The summed E-state index contributed by atoms with van der Waals surface area (Å²) in [5.41, 5.74) is 1.43. The third-order valence-corrected chi connectivity index (χ3v) is 10.9. The third-order valence-electron chi connectivity index (χ3n) is 8.07. The SMILES string of the molecule is CCCCCCCCCCCCCCCCCC[N+](C)(CCC[Si](OC)(OC)OC)Cc1ccccc1. The smallest absolute Gasteiger partial charge is 0.377 e. The van der Waals surface area contributed by atoms with Gasteiger partial charge in [-0.15, -0.1) is 0 Å². The monoisotopic (exact) mass is 536 g/mol. The van der Waals surface area contributed by atoms with E-state index in [1.807, 2.05) is 0 Å². The number of benzene rings is 1. The fourth-order valence-electron chi connectivity index (χ4n) is 5.57. The molecule has 0 aromatic heterocycles. The van der Waals surface area contributed by atoms with E-state index >= 15 is 0 Å². The van der Waals surface area contributed by atoms with E-state index in [9.17, 15) is 0 Å². The van der Waals surface area contributed by atoms with Gasteiger partial charge in [0.2, 0.25) is 0 Å². The minimum Gasteiger partial charge on any atom is -0.377 e. The summed E-state index contributed by atoms with van der Waals surface area (Å²) < 4.78 is 18.0. The van der Waals surface area contributed by atoms with Crippen LogP contribution >= 0.6 is 0 Å². The van der Waals surface area contributed by atoms with Gasteiger partial charge in [-0.25, -0.2) is 0 Å². The van der Waals surface area contributed by atoms with E-state index in [0.717, 1.165) is 30.0 Å². The fourth-order valence-corrected chi connectivity index (χ4v) is 7.27. The summed E-state index contributed by atoms with van der Waals surface area (Å²) in [6, 6.07) is 11.8. The molecule has 1 aromatic rings. The maximum absolute atomic E-state index is 5.65. The van der Waals surface area contributed by atoms with Crippen LogP contribution < -0.4 is 0 Å². The van der Waals surface area contributed by atoms with Crippen molar-refractivity contribution < 1.29 is 17.8 Å². The maximum Gasteiger partial charge on any atom is 0.500 e. The van der Waals surface area contributed by atoms with Crippen LogP contribution in [0, 0.1) is 0 Å². The van der Waals surface area contributed by atoms with Gasteiger partial charge in [-0.2, -0.15) is 0 Å². The van der Waals surface area contributed by atoms with Crippen molar-refractivity contribution in [2.45, 2.75) is 129 Å². The Morgan fingerprint density at radius 1 is 0.568 bits per heavy atom. The van der Waals surface area contributed by atoms with Crippen LogP contribution in [0.2, 0.25) is 6.04 Å². The minimum absolute atomic E-state index is 0.873. The molecule has 0 fully saturated rings. The van der Waals surface area contributed by atoms with Gasteiger partial charge in [-0.3, -0.25) is 0 Å². The summed E-state index contributed by atoms with van der Waals surface area (Å²) in [6.07, 6.45) is 23.8. The molecule has 1 aromatic carbocycles. The highest BCUT2D eigenvalue weighted by atomic mass is 28.4. The molecule has 0 radical (unpaired) electrons. The summed E-state index contributed by atoms with van der Waals surface area (Å²) >= 11 is 0. The quantitative estimate of drug-likeness (QED) is 0.0671. The third kappa shape index (κ3) is 16.8. The molecule has 0 aliphatic heterocycles. The molecule has 0 bridgehead atoms. The normalized spacial score (nSPS) is 13.6. The first-order valence-corrected chi connectivity index (χ1v) is 17.5. The van der Waals surface area contributed by atoms with Gasteiger partial charge < -0.3 is 17.8 Å². The lowest BCUT2D eigenvalue weighted by Crippen LogP contribution is -2.47. The highest BCUT2D eigenvalue weighted by Crippen LogP contribution is 2.21. The van der Waals surface area contributed by atoms with Crippen molar-refractivity contribution in [3.63, 3.8) is 0 Å². The Hall–Kier alpha value is -0.723. The van der Waals surface area contributed by atoms with Crippen LogP contribution in [0.4, 0.5) is 0 Å². The summed E-state index contributed by atoms with van der Waals surface area (Å²) in [6.45, 7) is 5.74. The van der Waals surface area contributed by atoms with Crippen LogP contribution in [0.5, 0.6) is 0 Å². The van der Waals surface area contributed by atoms with Gasteiger partial charge in [0.1, 0.15) is 6.54 Å². The van der Waals surface area contributed by atoms with Gasteiger partial charge in [-0.05, 0) is 12.8 Å². The van der Waals surface area contributed by atoms with Gasteiger partial charge in [0, 0.05) is 39.4 Å². The number of rotatable bonds is 26. The van der Waals surface area contributed by atoms with Crippen LogP contribution in [0.25, 0.3) is 0 Å². The molecule has 0 amide bonds. The van der Waals surface area contributed by atoms with Gasteiger partial charge in [0.15, 0.2) is 0 Å². The maximum atomic E-state index is 5.65. The number of hydrogen-bond donors (Lipinski definition) is 0. The van der Waals surface area contributed by atoms with E-state index in [0.29, 0.717) is 0 Å². The topological polar surface area (TPSA) is 27.7 Å². The largest absolute Gasteiger partial charge is 0.500 e. The second-order valence-corrected chi connectivity index (χ2v) is 14.5. The van der Waals surface area contributed by atoms with Crippen molar-refractivity contribution >= 4 is 8.80 Å². The van der Waals surface area contributed by atoms with Crippen molar-refractivity contribution in [1.29, 1.82) is 0 Å². The van der Waals surface area contributed by atoms with E-state index in [1.165, 1.54) is 115 Å². The molecule has 0 aliphatic rings. The zero-order valence-corrected chi connectivity index (χ0v) is 26.4. The molecular formula is C32H62NO3Si+. The minimum atomic E-state index is -2.50. The molecule has 0 N–H and O–H groups in total. The van der Waals surface area contributed by atoms with Gasteiger partial charge in [-0.1, -0.05) is 127 Å². The average molecular weight is 537 g/mol. The summed E-state index contributed by atoms with van der Waals surface area (Å²) in [4.78, 5) is 0. The van der Waals surface area contributed by atoms with E-state index in [2.05, 4.69) is 44.3 Å². The van der Waals surface area contributed by atoms with Gasteiger partial charge in [0.25, 0.3) is 0 Å². The van der Waals surface area contributed by atoms with Gasteiger partial charge in [0.05, 0.1) is 20.1 Å². The predicted molar refractivity (Wildman–Crippen MR) is 162 cm³/mol. The van der Waals surface area contributed by atoms with Crippen LogP contribution in [0.1, 0.15) is 122 Å². The lowest BCUT2D eigenvalue weighted by atomic mass is 10.0. The van der Waals surface area contributed by atoms with Crippen molar-refractivity contribution in [2.75, 3.05) is 41.5 Å². The first-order valence-electron chi connectivity index (χ1n) is 15.6. The standard InChI is InChI=1S/C32H62NO3Si/c1-6-7-8-9-10-11-12-13-14-15-16-17-18-19-20-24-28-33(2,31-32-26-22-21-23-27-32)29-25-30-37(34-3,35-4)36-5/h21-23,26-27H,6-20,24-25,28-31H2,1-5H3/q+1. The lowest BCUT2D eigenvalue weighted by molar-refractivity contribution is -0.922. The Bertz CT molecular complexity index is 617. The summed E-state index contributed by atoms with van der Waals surface area (Å²) in [5, 5.41) is 0. The molecule has 0 aliphatic carbocycles. The van der Waals surface area contributed by atoms with Crippen LogP contribution in [0.15, 0.2) is 30.3 Å². The molecule has 1 unspecified atom stereocenters. The first kappa shape index (κ1) is 34.3. The zero-order valence-electron chi connectivity index (χ0n) is 25.4. The zero-order chi connectivity index (χ0) is 27.1. The van der Waals surface area contributed by atoms with E-state index in [1.54, 1.807) is 21.3 Å². The highest BCUT2D eigenvalue weighted by Gasteiger charge is 2.38. The first-order chi connectivity index (χ1) is 18.0. The Morgan fingerprint density at radius 2 is 0.973 bits per heavy atom. The lowest BCUT2D eigenvalue weighted by Gasteiger charge is -2.36. The van der Waals surface area contributed by atoms with Crippen molar-refractivity contribution in [1.82, 2.24) is 0 Å². The Labute approximate surface area is 232 Å². The number of quaternary nitrogens is 1. The Balaban J connectivity index is 2.22. The number of nitrogens with zero attached hydrogens (tertiary/aromatic N) is 1. The second kappa shape index (κ2) is 22.1. The molecular weight excluding hydrogens is 474 g/mol. The van der Waals surface area contributed by atoms with Crippen molar-refractivity contribution in [3.05, 3.63) is 35.9 Å². The number of hydrogen-bond acceptors (Lipinski definition) is 3. The molecule has 1 rings (SSSR count). The van der Waals surface area contributed by atoms with Gasteiger partial charge >= 0.3 is 8.80 Å². The molecule has 0 saturated heterocycles. The summed E-state index contributed by atoms with van der Waals surface area (Å²) in [5.74, 6) is 0.